The standard InChI is InChI=1S/C23H19ClN2O5S/c1-13(21(28)25-17-8-9-20(27)19(12-17)23(30)31)32-18-7-3-6-16(11-18)26-22(29)14-4-2-5-15(24)10-14/h2-13,27H,1H3,(H,25,28)(H,26,29)(H,30,31). The third-order valence-corrected chi connectivity index (χ3v) is 5.68. The Bertz CT molecular complexity index is 1180. The molecular formula is C23H19ClN2O5S. The number of amides is 2. The highest BCUT2D eigenvalue weighted by Crippen LogP contribution is 2.28. The normalized spacial score (nSPS) is 11.4. The molecule has 164 valence electrons. The molecule has 0 saturated heterocycles. The molecule has 9 heteroatoms. The molecule has 0 bridgehead atoms. The first-order chi connectivity index (χ1) is 15.2. The lowest BCUT2D eigenvalue weighted by molar-refractivity contribution is -0.115. The number of carboxylic acids is 1. The number of aromatic carboxylic acids is 1. The highest BCUT2D eigenvalue weighted by molar-refractivity contribution is 8.00. The predicted octanol–water partition coefficient (Wildman–Crippen LogP) is 5.12. The van der Waals surface area contributed by atoms with Crippen LogP contribution in [0.2, 0.25) is 5.02 Å². The van der Waals surface area contributed by atoms with Gasteiger partial charge < -0.3 is 20.8 Å². The second-order valence-electron chi connectivity index (χ2n) is 6.78. The largest absolute Gasteiger partial charge is 0.507 e. The molecule has 3 aromatic carbocycles. The number of aromatic hydroxyl groups is 1. The lowest BCUT2D eigenvalue weighted by atomic mass is 10.2. The number of rotatable bonds is 7. The van der Waals surface area contributed by atoms with E-state index in [1.807, 2.05) is 6.07 Å². The Labute approximate surface area is 193 Å². The minimum absolute atomic E-state index is 0.264. The summed E-state index contributed by atoms with van der Waals surface area (Å²) < 4.78 is 0. The van der Waals surface area contributed by atoms with E-state index in [1.165, 1.54) is 30.0 Å². The van der Waals surface area contributed by atoms with Crippen LogP contribution >= 0.6 is 23.4 Å². The van der Waals surface area contributed by atoms with E-state index < -0.39 is 11.2 Å². The Balaban J connectivity index is 1.64. The number of phenols is 1. The molecule has 0 aromatic heterocycles. The summed E-state index contributed by atoms with van der Waals surface area (Å²) in [6.45, 7) is 1.70. The van der Waals surface area contributed by atoms with Gasteiger partial charge in [-0.2, -0.15) is 0 Å². The molecule has 0 spiro atoms. The van der Waals surface area contributed by atoms with Crippen molar-refractivity contribution in [1.82, 2.24) is 0 Å². The van der Waals surface area contributed by atoms with Crippen molar-refractivity contribution in [3.05, 3.63) is 82.9 Å². The highest BCUT2D eigenvalue weighted by atomic mass is 35.5. The molecule has 0 fully saturated rings. The van der Waals surface area contributed by atoms with E-state index in [4.69, 9.17) is 16.7 Å². The number of hydrogen-bond acceptors (Lipinski definition) is 5. The van der Waals surface area contributed by atoms with Gasteiger partial charge in [-0.25, -0.2) is 4.79 Å². The van der Waals surface area contributed by atoms with Crippen LogP contribution in [0.25, 0.3) is 0 Å². The molecule has 0 aliphatic rings. The topological polar surface area (TPSA) is 116 Å². The first kappa shape index (κ1) is 23.2. The van der Waals surface area contributed by atoms with Crippen molar-refractivity contribution in [3.8, 4) is 5.75 Å². The summed E-state index contributed by atoms with van der Waals surface area (Å²) in [6, 6.07) is 17.5. The van der Waals surface area contributed by atoms with Crippen LogP contribution in [0, 0.1) is 0 Å². The third kappa shape index (κ3) is 6.03. The van der Waals surface area contributed by atoms with Gasteiger partial charge in [0.25, 0.3) is 5.91 Å². The molecule has 3 aromatic rings. The van der Waals surface area contributed by atoms with E-state index in [9.17, 15) is 19.5 Å². The average Bonchev–Trinajstić information content (AvgIpc) is 2.75. The van der Waals surface area contributed by atoms with Gasteiger partial charge in [0.05, 0.1) is 5.25 Å². The molecule has 0 saturated carbocycles. The van der Waals surface area contributed by atoms with Gasteiger partial charge in [0, 0.05) is 26.9 Å². The molecule has 1 atom stereocenters. The zero-order valence-electron chi connectivity index (χ0n) is 16.8. The quantitative estimate of drug-likeness (QED) is 0.281. The van der Waals surface area contributed by atoms with Crippen molar-refractivity contribution in [3.63, 3.8) is 0 Å². The molecule has 1 unspecified atom stereocenters. The van der Waals surface area contributed by atoms with Gasteiger partial charge in [-0.3, -0.25) is 9.59 Å². The van der Waals surface area contributed by atoms with E-state index in [-0.39, 0.29) is 28.8 Å². The molecule has 0 aliphatic carbocycles. The van der Waals surface area contributed by atoms with Gasteiger partial charge in [0.15, 0.2) is 0 Å². The maximum atomic E-state index is 12.5. The summed E-state index contributed by atoms with van der Waals surface area (Å²) in [4.78, 5) is 36.8. The summed E-state index contributed by atoms with van der Waals surface area (Å²) in [5.41, 5.74) is 0.960. The molecule has 2 amide bonds. The van der Waals surface area contributed by atoms with Gasteiger partial charge >= 0.3 is 5.97 Å². The number of halogens is 1. The molecule has 4 N–H and O–H groups in total. The lowest BCUT2D eigenvalue weighted by Gasteiger charge is -2.14. The van der Waals surface area contributed by atoms with Crippen molar-refractivity contribution in [1.29, 1.82) is 0 Å². The number of carboxylic acid groups (broad SMARTS) is 1. The lowest BCUT2D eigenvalue weighted by Crippen LogP contribution is -2.22. The first-order valence-electron chi connectivity index (χ1n) is 9.44. The molecule has 0 aliphatic heterocycles. The Morgan fingerprint density at radius 2 is 1.66 bits per heavy atom. The van der Waals surface area contributed by atoms with Crippen LogP contribution in [0.15, 0.2) is 71.6 Å². The van der Waals surface area contributed by atoms with Crippen LogP contribution < -0.4 is 10.6 Å². The fraction of sp³-hybridized carbons (Fsp3) is 0.0870. The zero-order chi connectivity index (χ0) is 23.3. The second kappa shape index (κ2) is 10.2. The maximum Gasteiger partial charge on any atom is 0.339 e. The van der Waals surface area contributed by atoms with Gasteiger partial charge in [0.1, 0.15) is 11.3 Å². The van der Waals surface area contributed by atoms with Crippen molar-refractivity contribution < 1.29 is 24.6 Å². The Morgan fingerprint density at radius 1 is 0.938 bits per heavy atom. The Morgan fingerprint density at radius 3 is 2.38 bits per heavy atom. The van der Waals surface area contributed by atoms with Crippen molar-refractivity contribution in [2.45, 2.75) is 17.1 Å². The number of carbonyl (C=O) groups excluding carboxylic acids is 2. The molecule has 0 radical (unpaired) electrons. The molecular weight excluding hydrogens is 452 g/mol. The van der Waals surface area contributed by atoms with E-state index in [0.717, 1.165) is 4.90 Å². The summed E-state index contributed by atoms with van der Waals surface area (Å²) >= 11 is 7.21. The molecule has 7 nitrogen and oxygen atoms in total. The van der Waals surface area contributed by atoms with E-state index in [0.29, 0.717) is 16.3 Å². The number of nitrogens with one attached hydrogen (secondary N) is 2. The summed E-state index contributed by atoms with van der Waals surface area (Å²) in [6.07, 6.45) is 0. The third-order valence-electron chi connectivity index (χ3n) is 4.36. The number of carbonyl (C=O) groups is 3. The van der Waals surface area contributed by atoms with Crippen LogP contribution in [0.3, 0.4) is 0 Å². The number of benzene rings is 3. The summed E-state index contributed by atoms with van der Waals surface area (Å²) in [7, 11) is 0. The van der Waals surface area contributed by atoms with Gasteiger partial charge in [-0.15, -0.1) is 11.8 Å². The van der Waals surface area contributed by atoms with Crippen LogP contribution in [0.4, 0.5) is 11.4 Å². The zero-order valence-corrected chi connectivity index (χ0v) is 18.4. The maximum absolute atomic E-state index is 12.5. The molecule has 32 heavy (non-hydrogen) atoms. The monoisotopic (exact) mass is 470 g/mol. The van der Waals surface area contributed by atoms with E-state index in [2.05, 4.69) is 10.6 Å². The Kier molecular flexibility index (Phi) is 7.40. The molecule has 3 rings (SSSR count). The van der Waals surface area contributed by atoms with Crippen molar-refractivity contribution in [2.24, 2.45) is 0 Å². The van der Waals surface area contributed by atoms with Crippen LogP contribution in [0.5, 0.6) is 5.75 Å². The fourth-order valence-corrected chi connectivity index (χ4v) is 3.88. The van der Waals surface area contributed by atoms with Gasteiger partial charge in [-0.05, 0) is 61.5 Å². The smallest absolute Gasteiger partial charge is 0.339 e. The molecule has 0 heterocycles. The van der Waals surface area contributed by atoms with Crippen LogP contribution in [-0.2, 0) is 4.79 Å². The fourth-order valence-electron chi connectivity index (χ4n) is 2.77. The number of thioether (sulfide) groups is 1. The average molecular weight is 471 g/mol. The SMILES string of the molecule is CC(Sc1cccc(NC(=O)c2cccc(Cl)c2)c1)C(=O)Nc1ccc(O)c(C(=O)O)c1. The summed E-state index contributed by atoms with van der Waals surface area (Å²) in [5.74, 6) is -2.32. The van der Waals surface area contributed by atoms with Crippen LogP contribution in [0.1, 0.15) is 27.6 Å². The Hall–Kier alpha value is -3.49. The number of hydrogen-bond donors (Lipinski definition) is 4. The summed E-state index contributed by atoms with van der Waals surface area (Å²) in [5, 5.41) is 24.1. The van der Waals surface area contributed by atoms with Gasteiger partial charge in [-0.1, -0.05) is 23.7 Å². The van der Waals surface area contributed by atoms with Crippen LogP contribution in [-0.4, -0.2) is 33.2 Å². The first-order valence-corrected chi connectivity index (χ1v) is 10.7. The van der Waals surface area contributed by atoms with Crippen molar-refractivity contribution in [2.75, 3.05) is 10.6 Å². The van der Waals surface area contributed by atoms with Crippen molar-refractivity contribution >= 4 is 52.5 Å². The highest BCUT2D eigenvalue weighted by Gasteiger charge is 2.17. The predicted molar refractivity (Wildman–Crippen MR) is 125 cm³/mol. The van der Waals surface area contributed by atoms with E-state index in [1.54, 1.807) is 49.4 Å². The minimum Gasteiger partial charge on any atom is -0.507 e. The minimum atomic E-state index is -1.29. The number of anilines is 2. The second-order valence-corrected chi connectivity index (χ2v) is 8.63. The van der Waals surface area contributed by atoms with E-state index >= 15 is 0 Å². The van der Waals surface area contributed by atoms with Gasteiger partial charge in [0.2, 0.25) is 5.91 Å².